The minimum atomic E-state index is -0.601. The number of carbonyl (C=O) groups excluding carboxylic acids is 3. The number of nitrogens with one attached hydrogen (secondary N) is 2. The number of H-pyrrole nitrogens is 2. The molecule has 0 saturated heterocycles. The minimum Gasteiger partial charge on any atom is -0.469 e. The summed E-state index contributed by atoms with van der Waals surface area (Å²) in [6.45, 7) is 14.0. The average molecular weight is 561 g/mol. The summed E-state index contributed by atoms with van der Waals surface area (Å²) in [6.07, 6.45) is 3.04. The molecular formula is C34H32N4O4. The number of ether oxygens (including phenoxy) is 1. The van der Waals surface area contributed by atoms with Gasteiger partial charge in [-0.25, -0.2) is 9.97 Å². The number of esters is 1. The molecule has 0 spiro atoms. The number of nitrogens with zero attached hydrogens (tertiary/aromatic N) is 2. The zero-order valence-electron chi connectivity index (χ0n) is 24.7. The second-order valence-electron chi connectivity index (χ2n) is 10.9. The molecule has 0 saturated carbocycles. The highest BCUT2D eigenvalue weighted by atomic mass is 16.5. The SMILES string of the molecule is C=Cc1c(C)c2cc3nc(c4c5[nH]c(cc6nc(cc1[nH]2)C(C)=C6CC)c(C)c5C(=O)C4=O)C(CCC(=O)OC)=C3C. The van der Waals surface area contributed by atoms with E-state index in [9.17, 15) is 14.4 Å². The Hall–Kier alpha value is -4.85. The van der Waals surface area contributed by atoms with E-state index < -0.39 is 11.6 Å². The van der Waals surface area contributed by atoms with Crippen LogP contribution >= 0.6 is 0 Å². The van der Waals surface area contributed by atoms with Crippen molar-refractivity contribution in [1.29, 1.82) is 0 Å². The maximum absolute atomic E-state index is 13.5. The molecule has 1 aliphatic carbocycles. The highest BCUT2D eigenvalue weighted by Crippen LogP contribution is 2.41. The molecule has 0 unspecified atom stereocenters. The van der Waals surface area contributed by atoms with Gasteiger partial charge >= 0.3 is 5.97 Å². The fourth-order valence-corrected chi connectivity index (χ4v) is 6.30. The van der Waals surface area contributed by atoms with E-state index in [0.717, 1.165) is 67.8 Å². The monoisotopic (exact) mass is 560 g/mol. The molecule has 0 amide bonds. The number of Topliss-reactive ketones (excluding diaryl/α,β-unsaturated/α-hetero) is 2. The number of ketones is 2. The topological polar surface area (TPSA) is 118 Å². The van der Waals surface area contributed by atoms with Gasteiger partial charge in [-0.3, -0.25) is 14.4 Å². The van der Waals surface area contributed by atoms with Crippen molar-refractivity contribution in [3.05, 3.63) is 75.4 Å². The van der Waals surface area contributed by atoms with Crippen molar-refractivity contribution in [2.24, 2.45) is 0 Å². The first-order valence-corrected chi connectivity index (χ1v) is 14.1. The van der Waals surface area contributed by atoms with Crippen LogP contribution in [-0.4, -0.2) is 44.6 Å². The molecule has 8 bridgehead atoms. The van der Waals surface area contributed by atoms with Gasteiger partial charge in [0.05, 0.1) is 46.5 Å². The Morgan fingerprint density at radius 3 is 2.17 bits per heavy atom. The number of aromatic nitrogens is 4. The maximum Gasteiger partial charge on any atom is 0.305 e. The summed E-state index contributed by atoms with van der Waals surface area (Å²) in [5.74, 6) is -1.52. The minimum absolute atomic E-state index is 0.117. The van der Waals surface area contributed by atoms with Crippen molar-refractivity contribution in [2.45, 2.75) is 53.9 Å². The summed E-state index contributed by atoms with van der Waals surface area (Å²) >= 11 is 0. The lowest BCUT2D eigenvalue weighted by Crippen LogP contribution is -2.10. The van der Waals surface area contributed by atoms with E-state index in [1.54, 1.807) is 0 Å². The Morgan fingerprint density at radius 2 is 1.48 bits per heavy atom. The van der Waals surface area contributed by atoms with Crippen molar-refractivity contribution in [1.82, 2.24) is 19.9 Å². The van der Waals surface area contributed by atoms with Crippen molar-refractivity contribution < 1.29 is 19.1 Å². The first kappa shape index (κ1) is 27.3. The van der Waals surface area contributed by atoms with E-state index in [2.05, 4.69) is 30.4 Å². The van der Waals surface area contributed by atoms with Crippen LogP contribution in [0.1, 0.15) is 100 Å². The molecule has 5 heterocycles. The molecule has 2 N–H and O–H groups in total. The Morgan fingerprint density at radius 1 is 0.857 bits per heavy atom. The highest BCUT2D eigenvalue weighted by molar-refractivity contribution is 6.57. The molecule has 3 aliphatic rings. The van der Waals surface area contributed by atoms with Crippen LogP contribution < -0.4 is 0 Å². The number of rotatable bonds is 5. The first-order valence-electron chi connectivity index (χ1n) is 14.1. The maximum atomic E-state index is 13.5. The molecular weight excluding hydrogens is 528 g/mol. The normalized spacial score (nSPS) is 14.3. The third-order valence-corrected chi connectivity index (χ3v) is 8.75. The Bertz CT molecular complexity index is 2020. The van der Waals surface area contributed by atoms with Crippen LogP contribution in [-0.2, 0) is 9.53 Å². The molecule has 8 nitrogen and oxygen atoms in total. The van der Waals surface area contributed by atoms with Crippen LogP contribution in [0.4, 0.5) is 0 Å². The number of methoxy groups -OCH3 is 1. The fraction of sp³-hybridized carbons (Fsp3) is 0.265. The number of carbonyl (C=O) groups is 3. The lowest BCUT2D eigenvalue weighted by Gasteiger charge is -2.06. The molecule has 0 aromatic carbocycles. The van der Waals surface area contributed by atoms with Gasteiger partial charge in [-0.2, -0.15) is 0 Å². The lowest BCUT2D eigenvalue weighted by molar-refractivity contribution is -0.140. The smallest absolute Gasteiger partial charge is 0.305 e. The highest BCUT2D eigenvalue weighted by Gasteiger charge is 2.37. The molecule has 212 valence electrons. The average Bonchev–Trinajstić information content (AvgIpc) is 3.69. The zero-order chi connectivity index (χ0) is 30.0. The molecule has 8 heteroatoms. The molecule has 0 radical (unpaired) electrons. The van der Waals surface area contributed by atoms with Gasteiger partial charge < -0.3 is 14.7 Å². The van der Waals surface area contributed by atoms with Crippen LogP contribution in [0.3, 0.4) is 0 Å². The quantitative estimate of drug-likeness (QED) is 0.252. The standard InChI is InChI=1S/C34H32N4O4/c1-8-19-15(3)22-12-24-17(5)21(10-11-28(39)42-7)31(37-24)30-32-29(33(40)34(30)41)18(6)25(38-32)14-27-20(9-2)16(4)23(36-27)13-26(19)35-22/h8,12-14,35,38H,1,9-11H2,2-7H3. The second-order valence-corrected chi connectivity index (χ2v) is 10.9. The van der Waals surface area contributed by atoms with E-state index >= 15 is 0 Å². The van der Waals surface area contributed by atoms with Crippen LogP contribution in [0.15, 0.2) is 24.8 Å². The van der Waals surface area contributed by atoms with Gasteiger partial charge in [0, 0.05) is 28.5 Å². The molecule has 3 aromatic heterocycles. The van der Waals surface area contributed by atoms with Crippen LogP contribution in [0.2, 0.25) is 0 Å². The lowest BCUT2D eigenvalue weighted by atomic mass is 9.98. The van der Waals surface area contributed by atoms with E-state index in [1.807, 2.05) is 45.0 Å². The third-order valence-electron chi connectivity index (χ3n) is 8.75. The van der Waals surface area contributed by atoms with Crippen molar-refractivity contribution in [3.63, 3.8) is 0 Å². The Kier molecular flexibility index (Phi) is 6.44. The van der Waals surface area contributed by atoms with E-state index in [-0.39, 0.29) is 18.0 Å². The number of fused-ring (bicyclic) bond motifs is 8. The number of aromatic amines is 2. The second kappa shape index (κ2) is 9.91. The predicted octanol–water partition coefficient (Wildman–Crippen LogP) is 7.18. The molecule has 42 heavy (non-hydrogen) atoms. The van der Waals surface area contributed by atoms with Crippen LogP contribution in [0.25, 0.3) is 50.4 Å². The van der Waals surface area contributed by atoms with E-state index in [1.165, 1.54) is 7.11 Å². The summed E-state index contributed by atoms with van der Waals surface area (Å²) in [7, 11) is 1.35. The Balaban J connectivity index is 1.80. The van der Waals surface area contributed by atoms with E-state index in [0.29, 0.717) is 34.5 Å². The fourth-order valence-electron chi connectivity index (χ4n) is 6.30. The Labute approximate surface area is 243 Å². The van der Waals surface area contributed by atoms with Gasteiger partial charge in [0.25, 0.3) is 0 Å². The molecule has 3 aromatic rings. The van der Waals surface area contributed by atoms with Crippen LogP contribution in [0, 0.1) is 13.8 Å². The zero-order valence-corrected chi connectivity index (χ0v) is 24.7. The summed E-state index contributed by atoms with van der Waals surface area (Å²) in [5.41, 5.74) is 12.7. The number of hydrogen-bond acceptors (Lipinski definition) is 6. The van der Waals surface area contributed by atoms with E-state index in [4.69, 9.17) is 14.7 Å². The first-order chi connectivity index (χ1) is 20.1. The van der Waals surface area contributed by atoms with Crippen molar-refractivity contribution >= 4 is 68.0 Å². The molecule has 6 rings (SSSR count). The van der Waals surface area contributed by atoms with Gasteiger partial charge in [-0.15, -0.1) is 0 Å². The molecule has 0 fully saturated rings. The van der Waals surface area contributed by atoms with Gasteiger partial charge in [0.15, 0.2) is 0 Å². The third kappa shape index (κ3) is 3.93. The van der Waals surface area contributed by atoms with Crippen molar-refractivity contribution in [2.75, 3.05) is 7.11 Å². The van der Waals surface area contributed by atoms with Crippen molar-refractivity contribution in [3.8, 4) is 0 Å². The van der Waals surface area contributed by atoms with Gasteiger partial charge in [-0.05, 0) is 92.2 Å². The molecule has 0 atom stereocenters. The van der Waals surface area contributed by atoms with Gasteiger partial charge in [0.2, 0.25) is 11.6 Å². The number of allylic oxidation sites excluding steroid dienone is 4. The summed E-state index contributed by atoms with van der Waals surface area (Å²) in [4.78, 5) is 55.9. The number of aryl methyl sites for hydroxylation is 2. The number of hydrogen-bond donors (Lipinski definition) is 2. The van der Waals surface area contributed by atoms with Crippen LogP contribution in [0.5, 0.6) is 0 Å². The van der Waals surface area contributed by atoms with Gasteiger partial charge in [-0.1, -0.05) is 19.6 Å². The molecule has 2 aliphatic heterocycles. The predicted molar refractivity (Wildman–Crippen MR) is 166 cm³/mol. The summed E-state index contributed by atoms with van der Waals surface area (Å²) in [5, 5.41) is 0. The summed E-state index contributed by atoms with van der Waals surface area (Å²) in [6, 6.07) is 5.95. The summed E-state index contributed by atoms with van der Waals surface area (Å²) < 4.78 is 4.89. The largest absolute Gasteiger partial charge is 0.469 e. The van der Waals surface area contributed by atoms with Gasteiger partial charge in [0.1, 0.15) is 0 Å².